The van der Waals surface area contributed by atoms with E-state index in [2.05, 4.69) is 205 Å². The zero-order valence-corrected chi connectivity index (χ0v) is 27.0. The minimum atomic E-state index is 1.14. The molecular weight excluding hydrogens is 591 g/mol. The minimum Gasteiger partial charge on any atom is -0.316 e. The molecule has 0 radical (unpaired) electrons. The molecule has 0 saturated carbocycles. The second kappa shape index (κ2) is 12.3. The predicted octanol–water partition coefficient (Wildman–Crippen LogP) is 13.1. The fraction of sp³-hybridized carbons (Fsp3) is 0. The molecule has 49 heavy (non-hydrogen) atoms. The van der Waals surface area contributed by atoms with Crippen molar-refractivity contribution in [1.82, 2.24) is 4.57 Å². The molecule has 1 heteroatoms. The first-order valence-electron chi connectivity index (χ1n) is 16.8. The van der Waals surface area contributed by atoms with Crippen LogP contribution in [0.25, 0.3) is 83.0 Å². The van der Waals surface area contributed by atoms with Crippen LogP contribution in [0.15, 0.2) is 200 Å². The summed E-state index contributed by atoms with van der Waals surface area (Å²) < 4.78 is 2.34. The summed E-state index contributed by atoms with van der Waals surface area (Å²) in [5.41, 5.74) is 14.5. The maximum atomic E-state index is 2.36. The van der Waals surface area contributed by atoms with E-state index < -0.39 is 0 Å². The topological polar surface area (TPSA) is 4.93 Å². The highest BCUT2D eigenvalue weighted by molar-refractivity contribution is 6.00. The van der Waals surface area contributed by atoms with Crippen LogP contribution in [0.3, 0.4) is 0 Å². The quantitative estimate of drug-likeness (QED) is 0.174. The Morgan fingerprint density at radius 3 is 1.41 bits per heavy atom. The zero-order chi connectivity index (χ0) is 32.6. The van der Waals surface area contributed by atoms with Crippen molar-refractivity contribution in [1.29, 1.82) is 0 Å². The lowest BCUT2D eigenvalue weighted by molar-refractivity contribution is 1.13. The molecule has 0 bridgehead atoms. The Bertz CT molecular complexity index is 2530. The van der Waals surface area contributed by atoms with Gasteiger partial charge in [-0.15, -0.1) is 0 Å². The molecule has 1 nitrogen and oxygen atoms in total. The number of benzene rings is 8. The maximum Gasteiger partial charge on any atom is 0.0535 e. The Labute approximate surface area is 287 Å². The summed E-state index contributed by atoms with van der Waals surface area (Å²) in [6.45, 7) is 0. The maximum absolute atomic E-state index is 2.36. The van der Waals surface area contributed by atoms with Crippen molar-refractivity contribution >= 4 is 21.7 Å². The zero-order valence-electron chi connectivity index (χ0n) is 27.0. The SMILES string of the molecule is c1ccc(-c2ccc(-c3ccc4c(c3)c(-c3ccc(-c5ccccc5)cc3)cn4-c3ccc(-c4cccc5ccccc45)cc3)cc2)cc1. The number of fused-ring (bicyclic) bond motifs is 2. The summed E-state index contributed by atoms with van der Waals surface area (Å²) in [6, 6.07) is 70.1. The van der Waals surface area contributed by atoms with Gasteiger partial charge in [0.25, 0.3) is 0 Å². The molecule has 1 aromatic heterocycles. The summed E-state index contributed by atoms with van der Waals surface area (Å²) in [7, 11) is 0. The predicted molar refractivity (Wildman–Crippen MR) is 208 cm³/mol. The average Bonchev–Trinajstić information content (AvgIpc) is 3.57. The molecule has 0 aliphatic rings. The van der Waals surface area contributed by atoms with Crippen LogP contribution in [0.1, 0.15) is 0 Å². The van der Waals surface area contributed by atoms with Crippen molar-refractivity contribution in [2.45, 2.75) is 0 Å². The Hall–Kier alpha value is -6.44. The third-order valence-corrected chi connectivity index (χ3v) is 9.68. The monoisotopic (exact) mass is 623 g/mol. The lowest BCUT2D eigenvalue weighted by Crippen LogP contribution is -1.92. The summed E-state index contributed by atoms with van der Waals surface area (Å²) in [5, 5.41) is 3.76. The molecule has 0 saturated heterocycles. The number of hydrogen-bond acceptors (Lipinski definition) is 0. The van der Waals surface area contributed by atoms with E-state index in [4.69, 9.17) is 0 Å². The molecular formula is C48H33N. The third-order valence-electron chi connectivity index (χ3n) is 9.68. The molecule has 0 unspecified atom stereocenters. The van der Waals surface area contributed by atoms with Crippen molar-refractivity contribution < 1.29 is 0 Å². The van der Waals surface area contributed by atoms with Gasteiger partial charge in [-0.3, -0.25) is 0 Å². The van der Waals surface area contributed by atoms with E-state index in [9.17, 15) is 0 Å². The van der Waals surface area contributed by atoms with Gasteiger partial charge in [0.15, 0.2) is 0 Å². The number of rotatable bonds is 6. The molecule has 0 N–H and O–H groups in total. The van der Waals surface area contributed by atoms with Gasteiger partial charge < -0.3 is 4.57 Å². The van der Waals surface area contributed by atoms with Gasteiger partial charge in [0.1, 0.15) is 0 Å². The van der Waals surface area contributed by atoms with Crippen molar-refractivity contribution in [3.63, 3.8) is 0 Å². The largest absolute Gasteiger partial charge is 0.316 e. The Balaban J connectivity index is 1.14. The normalized spacial score (nSPS) is 11.3. The van der Waals surface area contributed by atoms with E-state index in [0.717, 1.165) is 5.69 Å². The van der Waals surface area contributed by atoms with Gasteiger partial charge in [-0.2, -0.15) is 0 Å². The van der Waals surface area contributed by atoms with Crippen molar-refractivity contribution in [2.75, 3.05) is 0 Å². The van der Waals surface area contributed by atoms with E-state index in [1.165, 1.54) is 77.3 Å². The standard InChI is InChI=1S/C48H33N/c1-3-10-34(11-4-1)36-18-20-38(21-19-36)42-28-31-48-46(32-42)47(41-24-22-37(23-25-41)35-12-5-2-6-13-35)33-49(48)43-29-26-40(27-30-43)45-17-9-15-39-14-7-8-16-44(39)45/h1-33H. The van der Waals surface area contributed by atoms with Gasteiger partial charge >= 0.3 is 0 Å². The lowest BCUT2D eigenvalue weighted by atomic mass is 9.97. The van der Waals surface area contributed by atoms with Gasteiger partial charge in [0.05, 0.1) is 5.52 Å². The summed E-state index contributed by atoms with van der Waals surface area (Å²) in [4.78, 5) is 0. The second-order valence-electron chi connectivity index (χ2n) is 12.6. The van der Waals surface area contributed by atoms with Crippen molar-refractivity contribution in [2.24, 2.45) is 0 Å². The van der Waals surface area contributed by atoms with Crippen LogP contribution in [0.5, 0.6) is 0 Å². The highest BCUT2D eigenvalue weighted by atomic mass is 15.0. The van der Waals surface area contributed by atoms with Crippen LogP contribution >= 0.6 is 0 Å². The van der Waals surface area contributed by atoms with E-state index in [-0.39, 0.29) is 0 Å². The van der Waals surface area contributed by atoms with Gasteiger partial charge in [-0.05, 0) is 85.1 Å². The van der Waals surface area contributed by atoms with Crippen molar-refractivity contribution in [3.8, 4) is 61.3 Å². The number of hydrogen-bond donors (Lipinski definition) is 0. The summed E-state index contributed by atoms with van der Waals surface area (Å²) in [5.74, 6) is 0. The highest BCUT2D eigenvalue weighted by Gasteiger charge is 2.14. The molecule has 0 atom stereocenters. The average molecular weight is 624 g/mol. The lowest BCUT2D eigenvalue weighted by Gasteiger charge is -2.10. The van der Waals surface area contributed by atoms with Crippen molar-refractivity contribution in [3.05, 3.63) is 200 Å². The van der Waals surface area contributed by atoms with Gasteiger partial charge in [-0.1, -0.05) is 170 Å². The Morgan fingerprint density at radius 2 is 0.755 bits per heavy atom. The number of nitrogens with zero attached hydrogens (tertiary/aromatic N) is 1. The number of aromatic nitrogens is 1. The first-order valence-corrected chi connectivity index (χ1v) is 16.8. The first kappa shape index (κ1) is 28.8. The van der Waals surface area contributed by atoms with Crippen LogP contribution in [0, 0.1) is 0 Å². The molecule has 0 spiro atoms. The minimum absolute atomic E-state index is 1.14. The molecule has 9 rings (SSSR count). The van der Waals surface area contributed by atoms with E-state index in [1.54, 1.807) is 0 Å². The van der Waals surface area contributed by atoms with E-state index >= 15 is 0 Å². The Morgan fingerprint density at radius 1 is 0.286 bits per heavy atom. The Kier molecular flexibility index (Phi) is 7.22. The van der Waals surface area contributed by atoms with E-state index in [1.807, 2.05) is 0 Å². The second-order valence-corrected chi connectivity index (χ2v) is 12.6. The van der Waals surface area contributed by atoms with Crippen LogP contribution in [0.2, 0.25) is 0 Å². The molecule has 1 heterocycles. The van der Waals surface area contributed by atoms with E-state index in [0.29, 0.717) is 0 Å². The van der Waals surface area contributed by atoms with Crippen LogP contribution in [0.4, 0.5) is 0 Å². The summed E-state index contributed by atoms with van der Waals surface area (Å²) in [6.07, 6.45) is 2.30. The molecule has 230 valence electrons. The third kappa shape index (κ3) is 5.42. The first-order chi connectivity index (χ1) is 24.3. The smallest absolute Gasteiger partial charge is 0.0535 e. The molecule has 0 aliphatic carbocycles. The molecule has 0 amide bonds. The van der Waals surface area contributed by atoms with Gasteiger partial charge in [-0.25, -0.2) is 0 Å². The highest BCUT2D eigenvalue weighted by Crippen LogP contribution is 2.38. The molecule has 0 aliphatic heterocycles. The molecule has 9 aromatic rings. The van der Waals surface area contributed by atoms with Gasteiger partial charge in [0.2, 0.25) is 0 Å². The fourth-order valence-electron chi connectivity index (χ4n) is 7.09. The van der Waals surface area contributed by atoms with Crippen LogP contribution < -0.4 is 0 Å². The fourth-order valence-corrected chi connectivity index (χ4v) is 7.09. The molecule has 8 aromatic carbocycles. The van der Waals surface area contributed by atoms with Gasteiger partial charge in [0, 0.05) is 22.8 Å². The summed E-state index contributed by atoms with van der Waals surface area (Å²) >= 11 is 0. The van der Waals surface area contributed by atoms with Crippen LogP contribution in [-0.2, 0) is 0 Å². The van der Waals surface area contributed by atoms with Crippen LogP contribution in [-0.4, -0.2) is 4.57 Å². The molecule has 0 fully saturated rings.